The van der Waals surface area contributed by atoms with E-state index < -0.39 is 0 Å². The van der Waals surface area contributed by atoms with E-state index in [0.717, 1.165) is 38.9 Å². The second-order valence-electron chi connectivity index (χ2n) is 7.67. The summed E-state index contributed by atoms with van der Waals surface area (Å²) in [6.07, 6.45) is 4.64. The number of pyridine rings is 1. The van der Waals surface area contributed by atoms with Gasteiger partial charge in [0.1, 0.15) is 11.3 Å². The lowest BCUT2D eigenvalue weighted by molar-refractivity contribution is 0.0759. The van der Waals surface area contributed by atoms with Gasteiger partial charge in [-0.05, 0) is 62.2 Å². The standard InChI is InChI=1S/C24H27N3O3/c28-23-20(11-12-21(25-23)22-10-5-18-30-22)24(29)27-15-6-14-26(16-17-27)13-4-9-19-7-2-1-3-8-19/h1-3,5,7-8,10-12,18H,4,6,9,13-17H2,(H,25,28). The average Bonchev–Trinajstić information content (AvgIpc) is 3.21. The summed E-state index contributed by atoms with van der Waals surface area (Å²) in [7, 11) is 0. The van der Waals surface area contributed by atoms with Crippen molar-refractivity contribution in [2.24, 2.45) is 0 Å². The van der Waals surface area contributed by atoms with Gasteiger partial charge in [0.15, 0.2) is 0 Å². The first-order chi connectivity index (χ1) is 14.7. The number of furan rings is 1. The van der Waals surface area contributed by atoms with Crippen LogP contribution in [0.3, 0.4) is 0 Å². The molecule has 0 atom stereocenters. The van der Waals surface area contributed by atoms with E-state index in [4.69, 9.17) is 4.42 Å². The molecule has 0 radical (unpaired) electrons. The van der Waals surface area contributed by atoms with Crippen molar-refractivity contribution in [1.82, 2.24) is 14.8 Å². The molecule has 1 saturated heterocycles. The lowest BCUT2D eigenvalue weighted by Crippen LogP contribution is -2.38. The monoisotopic (exact) mass is 405 g/mol. The van der Waals surface area contributed by atoms with Crippen LogP contribution in [0.4, 0.5) is 0 Å². The van der Waals surface area contributed by atoms with Gasteiger partial charge < -0.3 is 19.2 Å². The highest BCUT2D eigenvalue weighted by Crippen LogP contribution is 2.16. The number of hydrogen-bond donors (Lipinski definition) is 1. The van der Waals surface area contributed by atoms with Crippen LogP contribution in [-0.2, 0) is 6.42 Å². The van der Waals surface area contributed by atoms with Crippen LogP contribution in [-0.4, -0.2) is 53.4 Å². The normalized spacial score (nSPS) is 15.1. The van der Waals surface area contributed by atoms with Gasteiger partial charge in [-0.15, -0.1) is 0 Å². The van der Waals surface area contributed by atoms with E-state index in [1.165, 1.54) is 5.56 Å². The number of rotatable bonds is 6. The maximum absolute atomic E-state index is 12.9. The van der Waals surface area contributed by atoms with E-state index in [1.807, 2.05) is 6.07 Å². The minimum Gasteiger partial charge on any atom is -0.463 e. The quantitative estimate of drug-likeness (QED) is 0.682. The number of H-pyrrole nitrogens is 1. The second kappa shape index (κ2) is 9.59. The maximum atomic E-state index is 12.9. The zero-order valence-electron chi connectivity index (χ0n) is 17.0. The summed E-state index contributed by atoms with van der Waals surface area (Å²) >= 11 is 0. The molecule has 6 heteroatoms. The Morgan fingerprint density at radius 1 is 0.967 bits per heavy atom. The third-order valence-electron chi connectivity index (χ3n) is 5.58. The highest BCUT2D eigenvalue weighted by Gasteiger charge is 2.22. The molecule has 2 aromatic heterocycles. The Bertz CT molecular complexity index is 1010. The van der Waals surface area contributed by atoms with Gasteiger partial charge in [-0.3, -0.25) is 9.59 Å². The molecule has 0 spiro atoms. The predicted octanol–water partition coefficient (Wildman–Crippen LogP) is 3.42. The van der Waals surface area contributed by atoms with E-state index in [0.29, 0.717) is 24.5 Å². The topological polar surface area (TPSA) is 69.5 Å². The summed E-state index contributed by atoms with van der Waals surface area (Å²) < 4.78 is 5.31. The van der Waals surface area contributed by atoms with Crippen LogP contribution in [0.5, 0.6) is 0 Å². The Morgan fingerprint density at radius 3 is 2.60 bits per heavy atom. The summed E-state index contributed by atoms with van der Waals surface area (Å²) in [5, 5.41) is 0. The van der Waals surface area contributed by atoms with Gasteiger partial charge in [-0.2, -0.15) is 0 Å². The van der Waals surface area contributed by atoms with Crippen molar-refractivity contribution in [3.8, 4) is 11.5 Å². The van der Waals surface area contributed by atoms with Crippen molar-refractivity contribution in [2.75, 3.05) is 32.7 Å². The number of carbonyl (C=O) groups is 1. The van der Waals surface area contributed by atoms with Gasteiger partial charge >= 0.3 is 0 Å². The molecule has 3 heterocycles. The Morgan fingerprint density at radius 2 is 1.83 bits per heavy atom. The van der Waals surface area contributed by atoms with E-state index in [-0.39, 0.29) is 17.0 Å². The summed E-state index contributed by atoms with van der Waals surface area (Å²) in [5.41, 5.74) is 1.74. The van der Waals surface area contributed by atoms with Crippen LogP contribution >= 0.6 is 0 Å². The molecular formula is C24H27N3O3. The average molecular weight is 405 g/mol. The Hall–Kier alpha value is -3.12. The van der Waals surface area contributed by atoms with Gasteiger partial charge in [-0.1, -0.05) is 30.3 Å². The molecule has 156 valence electrons. The number of benzene rings is 1. The number of hydrogen-bond acceptors (Lipinski definition) is 4. The number of amides is 1. The smallest absolute Gasteiger partial charge is 0.261 e. The first kappa shape index (κ1) is 20.2. The van der Waals surface area contributed by atoms with Crippen molar-refractivity contribution >= 4 is 5.91 Å². The van der Waals surface area contributed by atoms with Gasteiger partial charge in [-0.25, -0.2) is 0 Å². The molecule has 0 unspecified atom stereocenters. The number of carbonyl (C=O) groups excluding carboxylic acids is 1. The fourth-order valence-corrected chi connectivity index (χ4v) is 3.94. The molecule has 3 aromatic rings. The maximum Gasteiger partial charge on any atom is 0.261 e. The van der Waals surface area contributed by atoms with Gasteiger partial charge in [0.05, 0.1) is 12.0 Å². The van der Waals surface area contributed by atoms with Gasteiger partial charge in [0.25, 0.3) is 11.5 Å². The van der Waals surface area contributed by atoms with Crippen molar-refractivity contribution in [2.45, 2.75) is 19.3 Å². The molecule has 0 saturated carbocycles. The number of aryl methyl sites for hydroxylation is 1. The summed E-state index contributed by atoms with van der Waals surface area (Å²) in [6.45, 7) is 4.15. The fourth-order valence-electron chi connectivity index (χ4n) is 3.94. The molecule has 1 amide bonds. The van der Waals surface area contributed by atoms with Crippen molar-refractivity contribution in [1.29, 1.82) is 0 Å². The van der Waals surface area contributed by atoms with E-state index in [1.54, 1.807) is 35.4 Å². The number of nitrogens with one attached hydrogen (secondary N) is 1. The van der Waals surface area contributed by atoms with Crippen LogP contribution < -0.4 is 5.56 Å². The van der Waals surface area contributed by atoms with E-state index in [2.05, 4.69) is 34.1 Å². The zero-order valence-corrected chi connectivity index (χ0v) is 17.0. The summed E-state index contributed by atoms with van der Waals surface area (Å²) in [6, 6.07) is 17.4. The number of aromatic amines is 1. The largest absolute Gasteiger partial charge is 0.463 e. The minimum atomic E-state index is -0.377. The lowest BCUT2D eigenvalue weighted by Gasteiger charge is -2.22. The molecule has 0 aliphatic carbocycles. The highest BCUT2D eigenvalue weighted by atomic mass is 16.3. The van der Waals surface area contributed by atoms with Gasteiger partial charge in [0.2, 0.25) is 0 Å². The van der Waals surface area contributed by atoms with Crippen LogP contribution in [0.2, 0.25) is 0 Å². The Balaban J connectivity index is 1.32. The molecule has 1 aliphatic rings. The molecule has 30 heavy (non-hydrogen) atoms. The molecule has 1 aromatic carbocycles. The molecule has 1 fully saturated rings. The minimum absolute atomic E-state index is 0.183. The Kier molecular flexibility index (Phi) is 6.44. The van der Waals surface area contributed by atoms with Gasteiger partial charge in [0, 0.05) is 19.6 Å². The number of aromatic nitrogens is 1. The highest BCUT2D eigenvalue weighted by molar-refractivity contribution is 5.94. The molecular weight excluding hydrogens is 378 g/mol. The van der Waals surface area contributed by atoms with Crippen molar-refractivity contribution < 1.29 is 9.21 Å². The Labute approximate surface area is 176 Å². The molecule has 6 nitrogen and oxygen atoms in total. The van der Waals surface area contributed by atoms with E-state index >= 15 is 0 Å². The fraction of sp³-hybridized carbons (Fsp3) is 0.333. The van der Waals surface area contributed by atoms with Crippen molar-refractivity contribution in [3.63, 3.8) is 0 Å². The van der Waals surface area contributed by atoms with Crippen LogP contribution in [0.1, 0.15) is 28.8 Å². The summed E-state index contributed by atoms with van der Waals surface area (Å²) in [4.78, 5) is 32.4. The second-order valence-corrected chi connectivity index (χ2v) is 7.67. The van der Waals surface area contributed by atoms with Crippen LogP contribution in [0, 0.1) is 0 Å². The molecule has 0 bridgehead atoms. The first-order valence-electron chi connectivity index (χ1n) is 10.5. The molecule has 1 aliphatic heterocycles. The molecule has 4 rings (SSSR count). The van der Waals surface area contributed by atoms with Crippen LogP contribution in [0.25, 0.3) is 11.5 Å². The summed E-state index contributed by atoms with van der Waals surface area (Å²) in [5.74, 6) is 0.375. The van der Waals surface area contributed by atoms with Crippen LogP contribution in [0.15, 0.2) is 70.1 Å². The predicted molar refractivity (Wildman–Crippen MR) is 116 cm³/mol. The zero-order chi connectivity index (χ0) is 20.8. The lowest BCUT2D eigenvalue weighted by atomic mass is 10.1. The van der Waals surface area contributed by atoms with E-state index in [9.17, 15) is 9.59 Å². The van der Waals surface area contributed by atoms with Crippen molar-refractivity contribution in [3.05, 3.63) is 82.3 Å². The first-order valence-corrected chi connectivity index (χ1v) is 10.5. The number of nitrogens with zero attached hydrogens (tertiary/aromatic N) is 2. The third-order valence-corrected chi connectivity index (χ3v) is 5.58. The third kappa shape index (κ3) is 4.89. The SMILES string of the molecule is O=C(c1ccc(-c2ccco2)[nH]c1=O)N1CCCN(CCCc2ccccc2)CC1. The molecule has 1 N–H and O–H groups in total.